The molecule has 4 aliphatic carbocycles. The van der Waals surface area contributed by atoms with Gasteiger partial charge in [-0.2, -0.15) is 0 Å². The highest BCUT2D eigenvalue weighted by molar-refractivity contribution is 5.86. The van der Waals surface area contributed by atoms with Crippen LogP contribution in [0.25, 0.3) is 0 Å². The smallest absolute Gasteiger partial charge is 0.374 e. The summed E-state index contributed by atoms with van der Waals surface area (Å²) >= 11 is 0. The van der Waals surface area contributed by atoms with Gasteiger partial charge in [0.05, 0.1) is 0 Å². The summed E-state index contributed by atoms with van der Waals surface area (Å²) in [5.41, 5.74) is 0. The summed E-state index contributed by atoms with van der Waals surface area (Å²) in [7, 11) is 3.55. The number of hydrogen-bond donors (Lipinski definition) is 0. The number of carbonyl (C=O) groups excluding carboxylic acids is 2. The van der Waals surface area contributed by atoms with E-state index >= 15 is 0 Å². The lowest BCUT2D eigenvalue weighted by molar-refractivity contribution is -0.0900. The van der Waals surface area contributed by atoms with Gasteiger partial charge in [-0.1, -0.05) is 0 Å². The number of carbonyl (C=O) groups is 2. The molecule has 0 N–H and O–H groups in total. The molecule has 8 atom stereocenters. The average molecular weight is 410 g/mol. The zero-order chi connectivity index (χ0) is 20.6. The molecule has 0 spiro atoms. The number of ether oxygens (including phenoxy) is 2. The van der Waals surface area contributed by atoms with E-state index in [1.807, 2.05) is 0 Å². The average Bonchev–Trinajstić information content (AvgIpc) is 3.52. The monoisotopic (exact) mass is 410 g/mol. The van der Waals surface area contributed by atoms with Crippen molar-refractivity contribution in [3.8, 4) is 0 Å². The first-order valence-corrected chi connectivity index (χ1v) is 10.9. The van der Waals surface area contributed by atoms with E-state index in [9.17, 15) is 9.59 Å². The minimum absolute atomic E-state index is 0.263. The summed E-state index contributed by atoms with van der Waals surface area (Å²) in [5.74, 6) is 2.83. The predicted octanol–water partition coefficient (Wildman–Crippen LogP) is 2.22. The molecule has 8 heteroatoms. The topological polar surface area (TPSA) is 88.2 Å². The second-order valence-electron chi connectivity index (χ2n) is 9.51. The molecule has 158 valence electrons. The highest BCUT2D eigenvalue weighted by Gasteiger charge is 2.68. The van der Waals surface area contributed by atoms with E-state index in [-0.39, 0.29) is 23.5 Å². The molecule has 30 heavy (non-hydrogen) atoms. The summed E-state index contributed by atoms with van der Waals surface area (Å²) < 4.78 is 15.4. The molecule has 6 rings (SSSR count). The zero-order valence-corrected chi connectivity index (χ0v) is 17.2. The maximum absolute atomic E-state index is 12.9. The molecule has 0 aliphatic heterocycles. The molecule has 0 aromatic carbocycles. The fourth-order valence-corrected chi connectivity index (χ4v) is 7.26. The first kappa shape index (κ1) is 18.2. The van der Waals surface area contributed by atoms with Gasteiger partial charge in [-0.3, -0.25) is 0 Å². The van der Waals surface area contributed by atoms with Gasteiger partial charge in [0, 0.05) is 50.7 Å². The lowest BCUT2D eigenvalue weighted by atomic mass is 9.69. The minimum atomic E-state index is -0.446. The third-order valence-electron chi connectivity index (χ3n) is 8.24. The number of aromatic nitrogens is 4. The van der Waals surface area contributed by atoms with Gasteiger partial charge in [-0.05, 0) is 49.4 Å². The Balaban J connectivity index is 1.29. The number of fused-ring (bicyclic) bond motifs is 9. The molecule has 0 saturated heterocycles. The number of rotatable bonds is 4. The Morgan fingerprint density at radius 3 is 1.70 bits per heavy atom. The molecule has 4 saturated carbocycles. The molecule has 2 heterocycles. The van der Waals surface area contributed by atoms with E-state index in [2.05, 4.69) is 9.97 Å². The Morgan fingerprint density at radius 1 is 0.833 bits per heavy atom. The molecule has 0 amide bonds. The second-order valence-corrected chi connectivity index (χ2v) is 9.51. The van der Waals surface area contributed by atoms with E-state index in [0.29, 0.717) is 11.8 Å². The summed E-state index contributed by atoms with van der Waals surface area (Å²) in [6.45, 7) is 0. The molecule has 2 aromatic heterocycles. The van der Waals surface area contributed by atoms with Crippen molar-refractivity contribution in [2.75, 3.05) is 0 Å². The van der Waals surface area contributed by atoms with Crippen molar-refractivity contribution in [1.29, 1.82) is 0 Å². The fraction of sp³-hybridized carbons (Fsp3) is 0.636. The van der Waals surface area contributed by atoms with Crippen molar-refractivity contribution >= 4 is 11.9 Å². The van der Waals surface area contributed by atoms with Crippen LogP contribution in [0.4, 0.5) is 0 Å². The number of imidazole rings is 2. The van der Waals surface area contributed by atoms with E-state index in [1.54, 1.807) is 48.0 Å². The van der Waals surface area contributed by atoms with Crippen LogP contribution in [-0.2, 0) is 23.6 Å². The highest BCUT2D eigenvalue weighted by Crippen LogP contribution is 2.68. The van der Waals surface area contributed by atoms with Gasteiger partial charge in [0.2, 0.25) is 11.6 Å². The molecular formula is C22H26N4O4. The molecular weight excluding hydrogens is 384 g/mol. The third kappa shape index (κ3) is 2.45. The second kappa shape index (κ2) is 6.43. The number of aryl methyl sites for hydroxylation is 2. The van der Waals surface area contributed by atoms with Crippen LogP contribution in [0, 0.1) is 35.5 Å². The number of hydrogen-bond acceptors (Lipinski definition) is 6. The van der Waals surface area contributed by atoms with Crippen LogP contribution in [0.5, 0.6) is 0 Å². The van der Waals surface area contributed by atoms with Crippen LogP contribution >= 0.6 is 0 Å². The van der Waals surface area contributed by atoms with Crippen molar-refractivity contribution in [3.05, 3.63) is 36.4 Å². The van der Waals surface area contributed by atoms with E-state index in [0.717, 1.165) is 18.3 Å². The summed E-state index contributed by atoms with van der Waals surface area (Å²) in [6.07, 6.45) is 10.6. The molecule has 0 radical (unpaired) electrons. The Kier molecular flexibility index (Phi) is 3.89. The summed E-state index contributed by atoms with van der Waals surface area (Å²) in [6, 6.07) is 0. The van der Waals surface area contributed by atoms with Gasteiger partial charge in [-0.25, -0.2) is 19.6 Å². The van der Waals surface area contributed by atoms with Crippen LogP contribution in [0.1, 0.15) is 46.9 Å². The lowest BCUT2D eigenvalue weighted by Gasteiger charge is -2.41. The predicted molar refractivity (Wildman–Crippen MR) is 104 cm³/mol. The van der Waals surface area contributed by atoms with Gasteiger partial charge >= 0.3 is 11.9 Å². The lowest BCUT2D eigenvalue weighted by Crippen LogP contribution is -2.48. The Morgan fingerprint density at radius 2 is 1.30 bits per heavy atom. The van der Waals surface area contributed by atoms with Crippen molar-refractivity contribution in [2.45, 2.75) is 37.9 Å². The van der Waals surface area contributed by atoms with E-state index in [4.69, 9.17) is 9.47 Å². The molecule has 4 fully saturated rings. The van der Waals surface area contributed by atoms with Crippen molar-refractivity contribution in [2.24, 2.45) is 49.6 Å². The number of esters is 2. The Bertz CT molecular complexity index is 934. The van der Waals surface area contributed by atoms with Gasteiger partial charge in [0.1, 0.15) is 12.2 Å². The third-order valence-corrected chi connectivity index (χ3v) is 8.24. The van der Waals surface area contributed by atoms with Crippen molar-refractivity contribution in [1.82, 2.24) is 19.1 Å². The van der Waals surface area contributed by atoms with E-state index in [1.165, 1.54) is 19.3 Å². The SMILES string of the molecule is Cn1ccnc1C(=O)OC1C2CC(C1OC(=O)c1nccn1C)C1C3CCC(C3)C21. The van der Waals surface area contributed by atoms with Crippen LogP contribution in [0.3, 0.4) is 0 Å². The Labute approximate surface area is 174 Å². The highest BCUT2D eigenvalue weighted by atomic mass is 16.6. The van der Waals surface area contributed by atoms with Gasteiger partial charge < -0.3 is 18.6 Å². The Hall–Kier alpha value is -2.64. The maximum atomic E-state index is 12.9. The zero-order valence-electron chi connectivity index (χ0n) is 17.2. The maximum Gasteiger partial charge on any atom is 0.374 e. The quantitative estimate of drug-likeness (QED) is 0.567. The summed E-state index contributed by atoms with van der Waals surface area (Å²) in [4.78, 5) is 34.0. The molecule has 2 aromatic rings. The normalized spacial score (nSPS) is 38.1. The van der Waals surface area contributed by atoms with Crippen LogP contribution in [0.15, 0.2) is 24.8 Å². The van der Waals surface area contributed by atoms with Gasteiger partial charge in [-0.15, -0.1) is 0 Å². The van der Waals surface area contributed by atoms with Crippen molar-refractivity contribution in [3.63, 3.8) is 0 Å². The van der Waals surface area contributed by atoms with Crippen LogP contribution < -0.4 is 0 Å². The minimum Gasteiger partial charge on any atom is -0.452 e. The van der Waals surface area contributed by atoms with Crippen molar-refractivity contribution < 1.29 is 19.1 Å². The first-order valence-electron chi connectivity index (χ1n) is 10.9. The van der Waals surface area contributed by atoms with Gasteiger partial charge in [0.25, 0.3) is 0 Å². The van der Waals surface area contributed by atoms with Crippen LogP contribution in [0.2, 0.25) is 0 Å². The van der Waals surface area contributed by atoms with Gasteiger partial charge in [0.15, 0.2) is 0 Å². The van der Waals surface area contributed by atoms with E-state index < -0.39 is 24.1 Å². The molecule has 4 aliphatic rings. The molecule has 8 nitrogen and oxygen atoms in total. The van der Waals surface area contributed by atoms with Crippen LogP contribution in [-0.4, -0.2) is 43.2 Å². The summed E-state index contributed by atoms with van der Waals surface area (Å²) in [5, 5.41) is 0. The molecule has 4 bridgehead atoms. The standard InChI is InChI=1S/C22H26N4O4/c1-25-7-5-23-19(25)21(27)29-17-13-10-14(16-12-4-3-11(9-12)15(13)16)18(17)30-22(28)20-24-6-8-26(20)2/h5-8,11-18H,3-4,9-10H2,1-2H3. The molecule has 8 unspecified atom stereocenters. The number of nitrogens with zero attached hydrogens (tertiary/aromatic N) is 4. The largest absolute Gasteiger partial charge is 0.452 e. The fourth-order valence-electron chi connectivity index (χ4n) is 7.26. The first-order chi connectivity index (χ1) is 14.5.